The number of carbonyl (C=O) groups excluding carboxylic acids is 1. The molecule has 0 aliphatic carbocycles. The Balaban J connectivity index is 2.03. The lowest BCUT2D eigenvalue weighted by Crippen LogP contribution is -2.28. The van der Waals surface area contributed by atoms with Gasteiger partial charge in [-0.05, 0) is 19.1 Å². The molecule has 0 radical (unpaired) electrons. The first-order valence-corrected chi connectivity index (χ1v) is 8.00. The molecular formula is C13H18N4OS. The van der Waals surface area contributed by atoms with E-state index < -0.39 is 0 Å². The SMILES string of the molecule is CSc1nc2c(c(N3CCCCCC3)n1)C(=O)NC2. The second kappa shape index (κ2) is 5.36. The molecule has 19 heavy (non-hydrogen) atoms. The van der Waals surface area contributed by atoms with Gasteiger partial charge in [-0.1, -0.05) is 24.6 Å². The van der Waals surface area contributed by atoms with Crippen LogP contribution in [0.4, 0.5) is 5.82 Å². The molecule has 1 aromatic rings. The van der Waals surface area contributed by atoms with E-state index in [2.05, 4.69) is 20.2 Å². The van der Waals surface area contributed by atoms with Crippen molar-refractivity contribution >= 4 is 23.5 Å². The van der Waals surface area contributed by atoms with E-state index in [0.717, 1.165) is 29.8 Å². The lowest BCUT2D eigenvalue weighted by molar-refractivity contribution is 0.0966. The highest BCUT2D eigenvalue weighted by Crippen LogP contribution is 2.28. The molecule has 3 rings (SSSR count). The van der Waals surface area contributed by atoms with Crippen LogP contribution in [0, 0.1) is 0 Å². The molecule has 1 N–H and O–H groups in total. The first-order chi connectivity index (χ1) is 9.29. The summed E-state index contributed by atoms with van der Waals surface area (Å²) in [6, 6.07) is 0. The van der Waals surface area contributed by atoms with Gasteiger partial charge in [0.2, 0.25) is 0 Å². The molecule has 2 aliphatic heterocycles. The molecule has 0 unspecified atom stereocenters. The van der Waals surface area contributed by atoms with Gasteiger partial charge in [-0.25, -0.2) is 9.97 Å². The molecule has 1 aromatic heterocycles. The molecule has 0 bridgehead atoms. The molecule has 0 saturated carbocycles. The first kappa shape index (κ1) is 12.7. The van der Waals surface area contributed by atoms with Gasteiger partial charge in [-0.3, -0.25) is 4.79 Å². The normalized spacial score (nSPS) is 19.0. The fourth-order valence-electron chi connectivity index (χ4n) is 2.69. The van der Waals surface area contributed by atoms with Crippen molar-refractivity contribution in [1.29, 1.82) is 0 Å². The quantitative estimate of drug-likeness (QED) is 0.660. The summed E-state index contributed by atoms with van der Waals surface area (Å²) in [5, 5.41) is 3.61. The van der Waals surface area contributed by atoms with Gasteiger partial charge in [-0.15, -0.1) is 0 Å². The van der Waals surface area contributed by atoms with Crippen molar-refractivity contribution in [3.05, 3.63) is 11.3 Å². The molecule has 1 amide bonds. The number of carbonyl (C=O) groups is 1. The Bertz CT molecular complexity index is 498. The topological polar surface area (TPSA) is 58.1 Å². The maximum Gasteiger partial charge on any atom is 0.257 e. The van der Waals surface area contributed by atoms with Crippen molar-refractivity contribution in [2.75, 3.05) is 24.2 Å². The minimum atomic E-state index is -0.0260. The van der Waals surface area contributed by atoms with Crippen LogP contribution in [0.15, 0.2) is 5.16 Å². The van der Waals surface area contributed by atoms with Crippen molar-refractivity contribution in [2.45, 2.75) is 37.4 Å². The second-order valence-electron chi connectivity index (χ2n) is 4.94. The van der Waals surface area contributed by atoms with Crippen LogP contribution in [-0.4, -0.2) is 35.2 Å². The lowest BCUT2D eigenvalue weighted by atomic mass is 10.2. The maximum absolute atomic E-state index is 12.0. The Morgan fingerprint density at radius 1 is 1.16 bits per heavy atom. The van der Waals surface area contributed by atoms with E-state index in [9.17, 15) is 4.79 Å². The van der Waals surface area contributed by atoms with Crippen LogP contribution in [0.1, 0.15) is 41.7 Å². The van der Waals surface area contributed by atoms with Gasteiger partial charge < -0.3 is 10.2 Å². The predicted molar refractivity (Wildman–Crippen MR) is 75.7 cm³/mol. The number of hydrogen-bond acceptors (Lipinski definition) is 5. The average molecular weight is 278 g/mol. The monoisotopic (exact) mass is 278 g/mol. The number of anilines is 1. The number of rotatable bonds is 2. The van der Waals surface area contributed by atoms with E-state index in [1.165, 1.54) is 37.4 Å². The average Bonchev–Trinajstić information content (AvgIpc) is 2.67. The van der Waals surface area contributed by atoms with E-state index in [4.69, 9.17) is 0 Å². The van der Waals surface area contributed by atoms with Crippen LogP contribution in [-0.2, 0) is 6.54 Å². The Kier molecular flexibility index (Phi) is 3.59. The van der Waals surface area contributed by atoms with E-state index >= 15 is 0 Å². The Hall–Kier alpha value is -1.30. The third kappa shape index (κ3) is 2.41. The summed E-state index contributed by atoms with van der Waals surface area (Å²) in [6.07, 6.45) is 6.86. The van der Waals surface area contributed by atoms with Crippen LogP contribution >= 0.6 is 11.8 Å². The fraction of sp³-hybridized carbons (Fsp3) is 0.615. The molecule has 1 fully saturated rings. The van der Waals surface area contributed by atoms with E-state index in [1.54, 1.807) is 0 Å². The zero-order valence-electron chi connectivity index (χ0n) is 11.1. The van der Waals surface area contributed by atoms with E-state index in [1.807, 2.05) is 6.26 Å². The molecule has 1 saturated heterocycles. The predicted octanol–water partition coefficient (Wildman–Crippen LogP) is 1.82. The summed E-state index contributed by atoms with van der Waals surface area (Å²) >= 11 is 1.53. The molecular weight excluding hydrogens is 260 g/mol. The highest BCUT2D eigenvalue weighted by molar-refractivity contribution is 7.98. The van der Waals surface area contributed by atoms with Crippen LogP contribution in [0.5, 0.6) is 0 Å². The van der Waals surface area contributed by atoms with Crippen molar-refractivity contribution in [3.63, 3.8) is 0 Å². The number of nitrogens with one attached hydrogen (secondary N) is 1. The van der Waals surface area contributed by atoms with Crippen molar-refractivity contribution in [2.24, 2.45) is 0 Å². The Morgan fingerprint density at radius 2 is 1.89 bits per heavy atom. The highest BCUT2D eigenvalue weighted by atomic mass is 32.2. The zero-order valence-corrected chi connectivity index (χ0v) is 11.9. The van der Waals surface area contributed by atoms with Gasteiger partial charge >= 0.3 is 0 Å². The van der Waals surface area contributed by atoms with Crippen LogP contribution in [0.2, 0.25) is 0 Å². The fourth-order valence-corrected chi connectivity index (χ4v) is 3.07. The maximum atomic E-state index is 12.0. The van der Waals surface area contributed by atoms with Crippen LogP contribution in [0.3, 0.4) is 0 Å². The Labute approximate surface area is 117 Å². The van der Waals surface area contributed by atoms with Crippen LogP contribution in [0.25, 0.3) is 0 Å². The number of fused-ring (bicyclic) bond motifs is 1. The van der Waals surface area contributed by atoms with E-state index in [0.29, 0.717) is 12.1 Å². The van der Waals surface area contributed by atoms with Gasteiger partial charge in [0.1, 0.15) is 11.4 Å². The largest absolute Gasteiger partial charge is 0.356 e. The smallest absolute Gasteiger partial charge is 0.257 e. The van der Waals surface area contributed by atoms with Crippen LogP contribution < -0.4 is 10.2 Å². The molecule has 2 aliphatic rings. The molecule has 5 nitrogen and oxygen atoms in total. The van der Waals surface area contributed by atoms with Gasteiger partial charge in [-0.2, -0.15) is 0 Å². The molecule has 0 aromatic carbocycles. The van der Waals surface area contributed by atoms with Crippen molar-refractivity contribution in [3.8, 4) is 0 Å². The number of hydrogen-bond donors (Lipinski definition) is 1. The molecule has 3 heterocycles. The summed E-state index contributed by atoms with van der Waals surface area (Å²) in [6.45, 7) is 2.51. The summed E-state index contributed by atoms with van der Waals surface area (Å²) in [5.41, 5.74) is 1.54. The zero-order chi connectivity index (χ0) is 13.2. The molecule has 0 atom stereocenters. The summed E-state index contributed by atoms with van der Waals surface area (Å²) in [5.74, 6) is 0.813. The van der Waals surface area contributed by atoms with Crippen molar-refractivity contribution < 1.29 is 4.79 Å². The molecule has 6 heteroatoms. The van der Waals surface area contributed by atoms with Gasteiger partial charge in [0.25, 0.3) is 5.91 Å². The Morgan fingerprint density at radius 3 is 2.58 bits per heavy atom. The minimum absolute atomic E-state index is 0.0260. The minimum Gasteiger partial charge on any atom is -0.356 e. The van der Waals surface area contributed by atoms with Gasteiger partial charge in [0.15, 0.2) is 5.16 Å². The molecule has 102 valence electrons. The third-order valence-electron chi connectivity index (χ3n) is 3.68. The second-order valence-corrected chi connectivity index (χ2v) is 5.71. The van der Waals surface area contributed by atoms with Gasteiger partial charge in [0.05, 0.1) is 12.2 Å². The third-order valence-corrected chi connectivity index (χ3v) is 4.22. The summed E-state index contributed by atoms with van der Waals surface area (Å²) in [4.78, 5) is 23.3. The summed E-state index contributed by atoms with van der Waals surface area (Å²) < 4.78 is 0. The standard InChI is InChI=1S/C13H18N4OS/c1-19-13-15-9-8-14-12(18)10(9)11(16-13)17-6-4-2-3-5-7-17/h2-8H2,1H3,(H,14,18). The van der Waals surface area contributed by atoms with Gasteiger partial charge in [0, 0.05) is 13.1 Å². The number of aromatic nitrogens is 2. The lowest BCUT2D eigenvalue weighted by Gasteiger charge is -2.23. The first-order valence-electron chi connectivity index (χ1n) is 6.77. The number of amides is 1. The molecule has 0 spiro atoms. The van der Waals surface area contributed by atoms with E-state index in [-0.39, 0.29) is 5.91 Å². The number of nitrogens with zero attached hydrogens (tertiary/aromatic N) is 3. The van der Waals surface area contributed by atoms with Crippen molar-refractivity contribution in [1.82, 2.24) is 15.3 Å². The number of thioether (sulfide) groups is 1. The highest BCUT2D eigenvalue weighted by Gasteiger charge is 2.29. The summed E-state index contributed by atoms with van der Waals surface area (Å²) in [7, 11) is 0.